The van der Waals surface area contributed by atoms with Crippen LogP contribution in [-0.2, 0) is 25.6 Å². The standard InChI is InChI=1S/C23H30N4O5/c28-21(26-10-14-32-15-11-26)17-27-16-19(18-4-1-2-5-20(18)27)22(29)23(30)24-6-3-7-25-8-12-31-13-9-25/h1-2,4-5,16H,3,6-15,17H2,(H,24,30). The van der Waals surface area contributed by atoms with Crippen molar-refractivity contribution in [3.63, 3.8) is 0 Å². The number of amides is 2. The second kappa shape index (κ2) is 10.7. The molecule has 2 amide bonds. The number of carbonyl (C=O) groups is 3. The molecule has 0 aliphatic carbocycles. The number of morpholine rings is 2. The summed E-state index contributed by atoms with van der Waals surface area (Å²) in [6, 6.07) is 7.36. The first-order valence-electron chi connectivity index (χ1n) is 11.2. The molecule has 32 heavy (non-hydrogen) atoms. The van der Waals surface area contributed by atoms with E-state index in [0.29, 0.717) is 43.8 Å². The van der Waals surface area contributed by atoms with Crippen molar-refractivity contribution in [1.82, 2.24) is 19.7 Å². The van der Waals surface area contributed by atoms with Crippen molar-refractivity contribution in [2.45, 2.75) is 13.0 Å². The van der Waals surface area contributed by atoms with Gasteiger partial charge in [0.05, 0.1) is 32.0 Å². The summed E-state index contributed by atoms with van der Waals surface area (Å²) >= 11 is 0. The quantitative estimate of drug-likeness (QED) is 0.364. The first-order chi connectivity index (χ1) is 15.6. The number of rotatable bonds is 8. The van der Waals surface area contributed by atoms with Gasteiger partial charge in [-0.3, -0.25) is 19.3 Å². The second-order valence-corrected chi connectivity index (χ2v) is 8.07. The maximum absolute atomic E-state index is 12.9. The van der Waals surface area contributed by atoms with Gasteiger partial charge in [-0.15, -0.1) is 0 Å². The fraction of sp³-hybridized carbons (Fsp3) is 0.522. The maximum atomic E-state index is 12.9. The second-order valence-electron chi connectivity index (χ2n) is 8.07. The van der Waals surface area contributed by atoms with E-state index in [4.69, 9.17) is 9.47 Å². The minimum Gasteiger partial charge on any atom is -0.379 e. The third-order valence-electron chi connectivity index (χ3n) is 5.95. The fourth-order valence-corrected chi connectivity index (χ4v) is 4.15. The molecule has 2 aromatic rings. The Labute approximate surface area is 187 Å². The number of benzene rings is 1. The number of hydrogen-bond acceptors (Lipinski definition) is 6. The van der Waals surface area contributed by atoms with Gasteiger partial charge in [0, 0.05) is 49.8 Å². The summed E-state index contributed by atoms with van der Waals surface area (Å²) in [5.74, 6) is -1.22. The Bertz CT molecular complexity index is 960. The van der Waals surface area contributed by atoms with Crippen molar-refractivity contribution in [1.29, 1.82) is 0 Å². The highest BCUT2D eigenvalue weighted by molar-refractivity contribution is 6.45. The molecule has 0 bridgehead atoms. The van der Waals surface area contributed by atoms with Gasteiger partial charge in [0.2, 0.25) is 5.91 Å². The van der Waals surface area contributed by atoms with Gasteiger partial charge >= 0.3 is 0 Å². The van der Waals surface area contributed by atoms with E-state index in [2.05, 4.69) is 10.2 Å². The van der Waals surface area contributed by atoms with Gasteiger partial charge in [-0.05, 0) is 19.0 Å². The number of aromatic nitrogens is 1. The van der Waals surface area contributed by atoms with E-state index in [-0.39, 0.29) is 12.5 Å². The Morgan fingerprint density at radius 3 is 2.38 bits per heavy atom. The van der Waals surface area contributed by atoms with Crippen LogP contribution in [0, 0.1) is 0 Å². The van der Waals surface area contributed by atoms with Crippen LogP contribution >= 0.6 is 0 Å². The molecule has 0 saturated carbocycles. The molecule has 0 spiro atoms. The molecule has 0 unspecified atom stereocenters. The SMILES string of the molecule is O=C(NCCCN1CCOCC1)C(=O)c1cn(CC(=O)N2CCOCC2)c2ccccc12. The Kier molecular flexibility index (Phi) is 7.51. The lowest BCUT2D eigenvalue weighted by atomic mass is 10.1. The summed E-state index contributed by atoms with van der Waals surface area (Å²) in [4.78, 5) is 42.2. The van der Waals surface area contributed by atoms with Crippen LogP contribution in [0.2, 0.25) is 0 Å². The summed E-state index contributed by atoms with van der Waals surface area (Å²) in [7, 11) is 0. The molecule has 1 N–H and O–H groups in total. The first-order valence-corrected chi connectivity index (χ1v) is 11.2. The smallest absolute Gasteiger partial charge is 0.292 e. The van der Waals surface area contributed by atoms with Crippen molar-refractivity contribution in [2.24, 2.45) is 0 Å². The van der Waals surface area contributed by atoms with Crippen LogP contribution in [0.5, 0.6) is 0 Å². The molecule has 3 heterocycles. The largest absolute Gasteiger partial charge is 0.379 e. The van der Waals surface area contributed by atoms with Gasteiger partial charge in [-0.25, -0.2) is 0 Å². The topological polar surface area (TPSA) is 93.1 Å². The molecule has 9 nitrogen and oxygen atoms in total. The van der Waals surface area contributed by atoms with Crippen LogP contribution in [-0.4, -0.2) is 97.7 Å². The molecule has 2 aliphatic heterocycles. The van der Waals surface area contributed by atoms with Crippen molar-refractivity contribution in [3.05, 3.63) is 36.0 Å². The van der Waals surface area contributed by atoms with Crippen LogP contribution < -0.4 is 5.32 Å². The highest BCUT2D eigenvalue weighted by Crippen LogP contribution is 2.22. The molecule has 2 aliphatic rings. The summed E-state index contributed by atoms with van der Waals surface area (Å²) < 4.78 is 12.4. The molecule has 9 heteroatoms. The zero-order chi connectivity index (χ0) is 22.3. The van der Waals surface area contributed by atoms with Crippen molar-refractivity contribution < 1.29 is 23.9 Å². The van der Waals surface area contributed by atoms with Gasteiger partial charge in [0.1, 0.15) is 6.54 Å². The maximum Gasteiger partial charge on any atom is 0.292 e. The van der Waals surface area contributed by atoms with E-state index in [1.807, 2.05) is 24.3 Å². The molecule has 2 fully saturated rings. The molecular formula is C23H30N4O5. The van der Waals surface area contributed by atoms with Crippen LogP contribution in [0.4, 0.5) is 0 Å². The molecule has 1 aromatic carbocycles. The Morgan fingerprint density at radius 2 is 1.62 bits per heavy atom. The average molecular weight is 443 g/mol. The number of para-hydroxylation sites is 1. The molecule has 1 aromatic heterocycles. The van der Waals surface area contributed by atoms with E-state index in [0.717, 1.165) is 44.8 Å². The number of fused-ring (bicyclic) bond motifs is 1. The van der Waals surface area contributed by atoms with Crippen molar-refractivity contribution in [2.75, 3.05) is 65.7 Å². The Balaban J connectivity index is 1.38. The molecule has 4 rings (SSSR count). The van der Waals surface area contributed by atoms with Crippen LogP contribution in [0.3, 0.4) is 0 Å². The average Bonchev–Trinajstić information content (AvgIpc) is 3.20. The number of hydrogen-bond donors (Lipinski definition) is 1. The van der Waals surface area contributed by atoms with Crippen molar-refractivity contribution in [3.8, 4) is 0 Å². The van der Waals surface area contributed by atoms with E-state index < -0.39 is 11.7 Å². The van der Waals surface area contributed by atoms with E-state index >= 15 is 0 Å². The number of ether oxygens (including phenoxy) is 2. The summed E-state index contributed by atoms with van der Waals surface area (Å²) in [5, 5.41) is 3.42. The van der Waals surface area contributed by atoms with Crippen LogP contribution in [0.25, 0.3) is 10.9 Å². The Morgan fingerprint density at radius 1 is 0.938 bits per heavy atom. The third kappa shape index (κ3) is 5.35. The zero-order valence-corrected chi connectivity index (χ0v) is 18.3. The predicted molar refractivity (Wildman–Crippen MR) is 119 cm³/mol. The Hall–Kier alpha value is -2.75. The summed E-state index contributed by atoms with van der Waals surface area (Å²) in [5.41, 5.74) is 1.08. The first kappa shape index (κ1) is 22.4. The van der Waals surface area contributed by atoms with E-state index in [1.165, 1.54) is 0 Å². The summed E-state index contributed by atoms with van der Waals surface area (Å²) in [6.45, 7) is 6.90. The highest BCUT2D eigenvalue weighted by atomic mass is 16.5. The van der Waals surface area contributed by atoms with Gasteiger partial charge in [0.15, 0.2) is 0 Å². The van der Waals surface area contributed by atoms with Gasteiger partial charge in [0.25, 0.3) is 11.7 Å². The minimum absolute atomic E-state index is 0.0272. The molecular weight excluding hydrogens is 412 g/mol. The molecule has 0 radical (unpaired) electrons. The number of ketones is 1. The lowest BCUT2D eigenvalue weighted by Gasteiger charge is -2.27. The number of carbonyl (C=O) groups excluding carboxylic acids is 3. The fourth-order valence-electron chi connectivity index (χ4n) is 4.15. The number of nitrogens with zero attached hydrogens (tertiary/aromatic N) is 3. The monoisotopic (exact) mass is 442 g/mol. The van der Waals surface area contributed by atoms with Crippen LogP contribution in [0.1, 0.15) is 16.8 Å². The molecule has 2 saturated heterocycles. The lowest BCUT2D eigenvalue weighted by Crippen LogP contribution is -2.42. The van der Waals surface area contributed by atoms with E-state index in [1.54, 1.807) is 15.7 Å². The minimum atomic E-state index is -0.616. The predicted octanol–water partition coefficient (Wildman–Crippen LogP) is 0.521. The van der Waals surface area contributed by atoms with E-state index in [9.17, 15) is 14.4 Å². The third-order valence-corrected chi connectivity index (χ3v) is 5.95. The van der Waals surface area contributed by atoms with Gasteiger partial charge in [-0.2, -0.15) is 0 Å². The highest BCUT2D eigenvalue weighted by Gasteiger charge is 2.23. The molecule has 0 atom stereocenters. The normalized spacial score (nSPS) is 17.4. The number of nitrogens with one attached hydrogen (secondary N) is 1. The molecule has 172 valence electrons. The zero-order valence-electron chi connectivity index (χ0n) is 18.3. The number of Topliss-reactive ketones (excluding diaryl/α,β-unsaturated/α-hetero) is 1. The summed E-state index contributed by atoms with van der Waals surface area (Å²) in [6.07, 6.45) is 2.40. The lowest BCUT2D eigenvalue weighted by molar-refractivity contribution is -0.135. The van der Waals surface area contributed by atoms with Gasteiger partial charge in [-0.1, -0.05) is 18.2 Å². The van der Waals surface area contributed by atoms with Gasteiger partial charge < -0.3 is 24.3 Å². The van der Waals surface area contributed by atoms with Crippen molar-refractivity contribution >= 4 is 28.5 Å². The van der Waals surface area contributed by atoms with Crippen LogP contribution in [0.15, 0.2) is 30.5 Å².